The van der Waals surface area contributed by atoms with Gasteiger partial charge >= 0.3 is 0 Å². The first-order valence-corrected chi connectivity index (χ1v) is 7.35. The van der Waals surface area contributed by atoms with Crippen molar-refractivity contribution in [3.05, 3.63) is 40.6 Å². The van der Waals surface area contributed by atoms with Gasteiger partial charge in [-0.25, -0.2) is 4.39 Å². The van der Waals surface area contributed by atoms with Crippen LogP contribution in [0.5, 0.6) is 0 Å². The molecule has 0 radical (unpaired) electrons. The molecule has 0 aliphatic carbocycles. The molecule has 1 N–H and O–H groups in total. The van der Waals surface area contributed by atoms with Crippen LogP contribution in [0.4, 0.5) is 4.39 Å². The predicted molar refractivity (Wildman–Crippen MR) is 82.9 cm³/mol. The molecule has 0 saturated carbocycles. The number of halogens is 1. The second-order valence-corrected chi connectivity index (χ2v) is 5.64. The highest BCUT2D eigenvalue weighted by Gasteiger charge is 2.20. The highest BCUT2D eigenvalue weighted by Crippen LogP contribution is 2.29. The van der Waals surface area contributed by atoms with E-state index >= 15 is 0 Å². The lowest BCUT2D eigenvalue weighted by atomic mass is 10.1. The lowest BCUT2D eigenvalue weighted by molar-refractivity contribution is -0.518. The molecule has 1 aromatic carbocycles. The Hall–Kier alpha value is -1.47. The number of benzene rings is 1. The summed E-state index contributed by atoms with van der Waals surface area (Å²) in [6.07, 6.45) is 0. The number of hydrogen-bond donors (Lipinski definition) is 1. The molecule has 21 heavy (non-hydrogen) atoms. The Kier molecular flexibility index (Phi) is 9.56. The molecule has 0 heterocycles. The van der Waals surface area contributed by atoms with Gasteiger partial charge in [0.25, 0.3) is 0 Å². The standard InChI is InChI=1S/C13H18FN2O2S.CH4O/c1-15(2)13(17)9-19-12(8-16(3)18)10-4-6-11(14)7-5-10;1-2/h4-7,12H,8-9H2,1-3H3;2H,1H3/q+1;. The Balaban J connectivity index is 0.00000191. The van der Waals surface area contributed by atoms with E-state index in [-0.39, 0.29) is 23.5 Å². The summed E-state index contributed by atoms with van der Waals surface area (Å²) >= 11 is 1.39. The Morgan fingerprint density at radius 3 is 2.29 bits per heavy atom. The number of hydrogen-bond acceptors (Lipinski definition) is 4. The Bertz CT molecular complexity index is 452. The van der Waals surface area contributed by atoms with Crippen molar-refractivity contribution in [2.45, 2.75) is 5.25 Å². The van der Waals surface area contributed by atoms with Gasteiger partial charge in [0.1, 0.15) is 5.82 Å². The van der Waals surface area contributed by atoms with E-state index in [1.807, 2.05) is 0 Å². The number of likely N-dealkylation sites (N-methyl/N-ethyl adjacent to an activating group) is 1. The molecule has 0 aliphatic rings. The van der Waals surface area contributed by atoms with E-state index in [4.69, 9.17) is 5.11 Å². The van der Waals surface area contributed by atoms with Crippen LogP contribution in [0.2, 0.25) is 0 Å². The van der Waals surface area contributed by atoms with Crippen molar-refractivity contribution in [2.75, 3.05) is 40.6 Å². The summed E-state index contributed by atoms with van der Waals surface area (Å²) in [7, 11) is 5.82. The van der Waals surface area contributed by atoms with Gasteiger partial charge in [0, 0.05) is 26.1 Å². The van der Waals surface area contributed by atoms with Crippen molar-refractivity contribution in [2.24, 2.45) is 0 Å². The minimum absolute atomic E-state index is 0.00864. The first-order valence-electron chi connectivity index (χ1n) is 6.30. The Labute approximate surface area is 128 Å². The van der Waals surface area contributed by atoms with E-state index in [0.717, 1.165) is 17.4 Å². The van der Waals surface area contributed by atoms with Crippen molar-refractivity contribution >= 4 is 17.7 Å². The molecule has 1 amide bonds. The summed E-state index contributed by atoms with van der Waals surface area (Å²) in [6.45, 7) is 0.261. The fourth-order valence-electron chi connectivity index (χ4n) is 1.47. The number of rotatable bonds is 6. The van der Waals surface area contributed by atoms with Crippen LogP contribution in [0.1, 0.15) is 10.8 Å². The van der Waals surface area contributed by atoms with Gasteiger partial charge in [-0.1, -0.05) is 12.1 Å². The van der Waals surface area contributed by atoms with Crippen LogP contribution in [-0.2, 0) is 4.79 Å². The zero-order valence-corrected chi connectivity index (χ0v) is 13.6. The smallest absolute Gasteiger partial charge is 0.232 e. The molecule has 0 aromatic heterocycles. The summed E-state index contributed by atoms with van der Waals surface area (Å²) in [5.74, 6) is -0.0268. The van der Waals surface area contributed by atoms with Gasteiger partial charge in [0.05, 0.1) is 11.0 Å². The largest absolute Gasteiger partial charge is 0.400 e. The van der Waals surface area contributed by atoms with E-state index in [1.54, 1.807) is 26.2 Å². The van der Waals surface area contributed by atoms with Crippen molar-refractivity contribution in [3.63, 3.8) is 0 Å². The molecule has 0 saturated heterocycles. The highest BCUT2D eigenvalue weighted by atomic mass is 32.2. The molecule has 1 unspecified atom stereocenters. The van der Waals surface area contributed by atoms with Crippen LogP contribution >= 0.6 is 11.8 Å². The average molecular weight is 317 g/mol. The summed E-state index contributed by atoms with van der Waals surface area (Å²) in [5.41, 5.74) is 0.848. The summed E-state index contributed by atoms with van der Waals surface area (Å²) in [6, 6.07) is 6.02. The summed E-state index contributed by atoms with van der Waals surface area (Å²) < 4.78 is 13.7. The SMILES string of the molecule is CN(C)C(=O)CSC(C[N+](C)=O)c1ccc(F)cc1.CO. The maximum absolute atomic E-state index is 12.9. The van der Waals surface area contributed by atoms with Crippen LogP contribution in [0, 0.1) is 10.7 Å². The Morgan fingerprint density at radius 2 is 1.86 bits per heavy atom. The molecule has 5 nitrogen and oxygen atoms in total. The van der Waals surface area contributed by atoms with E-state index in [2.05, 4.69) is 0 Å². The number of nitrogens with zero attached hydrogens (tertiary/aromatic N) is 2. The van der Waals surface area contributed by atoms with Crippen molar-refractivity contribution in [3.8, 4) is 0 Å². The third kappa shape index (κ3) is 7.77. The number of carbonyl (C=O) groups is 1. The fourth-order valence-corrected chi connectivity index (χ4v) is 2.73. The Morgan fingerprint density at radius 1 is 1.33 bits per heavy atom. The fraction of sp³-hybridized carbons (Fsp3) is 0.500. The second-order valence-electron chi connectivity index (χ2n) is 4.45. The molecule has 1 atom stereocenters. The van der Waals surface area contributed by atoms with Gasteiger partial charge in [-0.15, -0.1) is 11.8 Å². The van der Waals surface area contributed by atoms with Crippen LogP contribution in [0.15, 0.2) is 24.3 Å². The third-order valence-corrected chi connectivity index (χ3v) is 3.81. The topological polar surface area (TPSA) is 60.6 Å². The van der Waals surface area contributed by atoms with Gasteiger partial charge in [0.2, 0.25) is 12.5 Å². The summed E-state index contributed by atoms with van der Waals surface area (Å²) in [5, 5.41) is 6.85. The van der Waals surface area contributed by atoms with Crippen LogP contribution in [0.25, 0.3) is 0 Å². The zero-order valence-electron chi connectivity index (χ0n) is 12.7. The lowest BCUT2D eigenvalue weighted by Crippen LogP contribution is -2.24. The molecule has 0 aliphatic heterocycles. The van der Waals surface area contributed by atoms with E-state index < -0.39 is 0 Å². The molecular formula is C14H22FN2O3S+. The van der Waals surface area contributed by atoms with Gasteiger partial charge in [0.15, 0.2) is 7.05 Å². The van der Waals surface area contributed by atoms with Crippen LogP contribution < -0.4 is 0 Å². The first kappa shape index (κ1) is 19.5. The zero-order chi connectivity index (χ0) is 16.4. The van der Waals surface area contributed by atoms with Gasteiger partial charge < -0.3 is 10.0 Å². The monoisotopic (exact) mass is 317 g/mol. The summed E-state index contributed by atoms with van der Waals surface area (Å²) in [4.78, 5) is 24.3. The third-order valence-electron chi connectivity index (χ3n) is 2.57. The van der Waals surface area contributed by atoms with E-state index in [9.17, 15) is 14.1 Å². The van der Waals surface area contributed by atoms with Crippen LogP contribution in [-0.4, -0.2) is 61.2 Å². The molecule has 1 rings (SSSR count). The minimum atomic E-state index is -0.313. The molecule has 118 valence electrons. The molecule has 0 fully saturated rings. The van der Waals surface area contributed by atoms with Gasteiger partial charge in [-0.05, 0) is 22.5 Å². The minimum Gasteiger partial charge on any atom is -0.400 e. The quantitative estimate of drug-likeness (QED) is 0.811. The van der Waals surface area contributed by atoms with Gasteiger partial charge in [-0.2, -0.15) is 0 Å². The molecular weight excluding hydrogens is 295 g/mol. The average Bonchev–Trinajstić information content (AvgIpc) is 2.45. The first-order chi connectivity index (χ1) is 9.90. The van der Waals surface area contributed by atoms with Crippen molar-refractivity contribution < 1.29 is 19.1 Å². The maximum Gasteiger partial charge on any atom is 0.232 e. The second kappa shape index (κ2) is 10.3. The molecule has 0 spiro atoms. The normalized spacial score (nSPS) is 11.1. The number of carbonyl (C=O) groups excluding carboxylic acids is 1. The van der Waals surface area contributed by atoms with E-state index in [1.165, 1.54) is 35.8 Å². The number of aliphatic hydroxyl groups excluding tert-OH is 1. The van der Waals surface area contributed by atoms with Crippen LogP contribution in [0.3, 0.4) is 0 Å². The number of thioether (sulfide) groups is 1. The molecule has 1 aromatic rings. The number of aliphatic hydroxyl groups is 1. The van der Waals surface area contributed by atoms with Crippen molar-refractivity contribution in [1.29, 1.82) is 0 Å². The molecule has 0 bridgehead atoms. The lowest BCUT2D eigenvalue weighted by Gasteiger charge is -2.14. The molecule has 7 heteroatoms. The maximum atomic E-state index is 12.9. The van der Waals surface area contributed by atoms with Gasteiger partial charge in [-0.3, -0.25) is 4.79 Å². The van der Waals surface area contributed by atoms with Crippen molar-refractivity contribution in [1.82, 2.24) is 4.90 Å². The highest BCUT2D eigenvalue weighted by molar-refractivity contribution is 8.00. The predicted octanol–water partition coefficient (Wildman–Crippen LogP) is 1.71. The van der Waals surface area contributed by atoms with E-state index in [0.29, 0.717) is 5.75 Å². The number of nitroso groups, excluding NO2 is 1. The number of amides is 1.